The zero-order chi connectivity index (χ0) is 24.7. The summed E-state index contributed by atoms with van der Waals surface area (Å²) < 4.78 is 7.63. The van der Waals surface area contributed by atoms with Crippen molar-refractivity contribution < 1.29 is 14.4 Å². The fourth-order valence-electron chi connectivity index (χ4n) is 4.74. The largest absolute Gasteiger partial charge is 0.481 e. The Labute approximate surface area is 208 Å². The average molecular weight is 476 g/mol. The van der Waals surface area contributed by atoms with E-state index in [-0.39, 0.29) is 0 Å². The minimum absolute atomic E-state index is 0.562. The van der Waals surface area contributed by atoms with Gasteiger partial charge in [0.25, 0.3) is 0 Å². The number of aryl methyl sites for hydroxylation is 1. The molecule has 0 radical (unpaired) electrons. The molecule has 0 spiro atoms. The molecular formula is C30H25N3O3. The zero-order valence-corrected chi connectivity index (χ0v) is 19.9. The van der Waals surface area contributed by atoms with E-state index in [9.17, 15) is 9.90 Å². The molecule has 0 aliphatic heterocycles. The highest BCUT2D eigenvalue weighted by atomic mass is 16.5. The summed E-state index contributed by atoms with van der Waals surface area (Å²) in [5.41, 5.74) is 7.29. The predicted octanol–water partition coefficient (Wildman–Crippen LogP) is 6.35. The summed E-state index contributed by atoms with van der Waals surface area (Å²) in [4.78, 5) is 11.6. The van der Waals surface area contributed by atoms with Crippen LogP contribution < -0.4 is 0 Å². The average Bonchev–Trinajstić information content (AvgIpc) is 3.48. The van der Waals surface area contributed by atoms with E-state index in [1.54, 1.807) is 0 Å². The first-order valence-electron chi connectivity index (χ1n) is 12.0. The Morgan fingerprint density at radius 2 is 1.50 bits per heavy atom. The third-order valence-corrected chi connectivity index (χ3v) is 7.12. The molecule has 178 valence electrons. The second-order valence-corrected chi connectivity index (χ2v) is 9.41. The first kappa shape index (κ1) is 22.0. The van der Waals surface area contributed by atoms with Gasteiger partial charge < -0.3 is 9.63 Å². The van der Waals surface area contributed by atoms with Crippen molar-refractivity contribution in [3.63, 3.8) is 0 Å². The summed E-state index contributed by atoms with van der Waals surface area (Å²) in [6, 6.07) is 26.2. The highest BCUT2D eigenvalue weighted by Gasteiger charge is 2.51. The number of benzene rings is 3. The molecular weight excluding hydrogens is 450 g/mol. The van der Waals surface area contributed by atoms with Crippen LogP contribution in [0.5, 0.6) is 0 Å². The maximum atomic E-state index is 11.6. The number of hydrogen-bond donors (Lipinski definition) is 1. The molecule has 0 atom stereocenters. The molecule has 1 saturated carbocycles. The van der Waals surface area contributed by atoms with E-state index in [0.29, 0.717) is 19.4 Å². The zero-order valence-electron chi connectivity index (χ0n) is 19.9. The maximum Gasteiger partial charge on any atom is 0.314 e. The monoisotopic (exact) mass is 475 g/mol. The Kier molecular flexibility index (Phi) is 5.29. The summed E-state index contributed by atoms with van der Waals surface area (Å²) in [6.07, 6.45) is 5.33. The Hall–Kier alpha value is -4.45. The molecule has 6 heteroatoms. The number of rotatable bonds is 7. The van der Waals surface area contributed by atoms with E-state index in [0.717, 1.165) is 50.4 Å². The molecule has 2 aromatic heterocycles. The van der Waals surface area contributed by atoms with Gasteiger partial charge in [-0.05, 0) is 42.0 Å². The fourth-order valence-corrected chi connectivity index (χ4v) is 4.74. The maximum absolute atomic E-state index is 11.6. The summed E-state index contributed by atoms with van der Waals surface area (Å²) in [6.45, 7) is 2.51. The van der Waals surface area contributed by atoms with E-state index < -0.39 is 11.4 Å². The lowest BCUT2D eigenvalue weighted by molar-refractivity contribution is -0.140. The van der Waals surface area contributed by atoms with Gasteiger partial charge in [0.05, 0.1) is 23.9 Å². The van der Waals surface area contributed by atoms with Gasteiger partial charge in [0.2, 0.25) is 0 Å². The van der Waals surface area contributed by atoms with Crippen molar-refractivity contribution in [1.29, 1.82) is 0 Å². The molecule has 5 aromatic rings. The lowest BCUT2D eigenvalue weighted by Crippen LogP contribution is -2.19. The van der Waals surface area contributed by atoms with E-state index in [4.69, 9.17) is 4.52 Å². The van der Waals surface area contributed by atoms with Crippen molar-refractivity contribution >= 4 is 5.97 Å². The number of carboxylic acid groups (broad SMARTS) is 1. The molecule has 6 nitrogen and oxygen atoms in total. The van der Waals surface area contributed by atoms with Crippen LogP contribution in [0, 0.1) is 6.92 Å². The molecule has 1 fully saturated rings. The first-order valence-corrected chi connectivity index (χ1v) is 12.0. The normalized spacial score (nSPS) is 14.0. The lowest BCUT2D eigenvalue weighted by atomic mass is 9.93. The van der Waals surface area contributed by atoms with Crippen molar-refractivity contribution in [1.82, 2.24) is 14.9 Å². The number of aromatic nitrogens is 3. The van der Waals surface area contributed by atoms with E-state index >= 15 is 0 Å². The van der Waals surface area contributed by atoms with Crippen LogP contribution >= 0.6 is 0 Å². The van der Waals surface area contributed by atoms with Crippen LogP contribution in [0.2, 0.25) is 0 Å². The van der Waals surface area contributed by atoms with Gasteiger partial charge in [-0.15, -0.1) is 0 Å². The Morgan fingerprint density at radius 3 is 2.14 bits per heavy atom. The van der Waals surface area contributed by atoms with Crippen LogP contribution in [0.1, 0.15) is 29.7 Å². The predicted molar refractivity (Wildman–Crippen MR) is 137 cm³/mol. The quantitative estimate of drug-likeness (QED) is 0.297. The van der Waals surface area contributed by atoms with Crippen LogP contribution in [0.3, 0.4) is 0 Å². The van der Waals surface area contributed by atoms with Crippen LogP contribution in [0.4, 0.5) is 0 Å². The first-order chi connectivity index (χ1) is 17.5. The van der Waals surface area contributed by atoms with Crippen LogP contribution in [-0.4, -0.2) is 26.0 Å². The van der Waals surface area contributed by atoms with E-state index in [2.05, 4.69) is 34.5 Å². The Morgan fingerprint density at radius 1 is 0.889 bits per heavy atom. The second-order valence-electron chi connectivity index (χ2n) is 9.41. The third-order valence-electron chi connectivity index (χ3n) is 7.12. The van der Waals surface area contributed by atoms with Gasteiger partial charge in [-0.25, -0.2) is 0 Å². The molecule has 0 unspecified atom stereocenters. The molecule has 0 bridgehead atoms. The lowest BCUT2D eigenvalue weighted by Gasteiger charge is -2.11. The van der Waals surface area contributed by atoms with E-state index in [1.165, 1.54) is 0 Å². The van der Waals surface area contributed by atoms with Crippen LogP contribution in [0.25, 0.3) is 33.6 Å². The standard InChI is InChI=1S/C30H25N3O3/c1-20-27(19-33-18-25(17-31-33)21-5-3-2-4-6-21)28(36-32-20)24-9-7-22(8-10-24)23-11-13-26(14-12-23)30(15-16-30)29(34)35/h2-14,17-18H,15-16,19H2,1H3,(H,34,35). The second kappa shape index (κ2) is 8.64. The van der Waals surface area contributed by atoms with Crippen LogP contribution in [-0.2, 0) is 16.8 Å². The number of carbonyl (C=O) groups is 1. The van der Waals surface area contributed by atoms with Gasteiger partial charge in [-0.3, -0.25) is 9.48 Å². The van der Waals surface area contributed by atoms with Gasteiger partial charge in [-0.1, -0.05) is 84.0 Å². The third kappa shape index (κ3) is 3.90. The minimum Gasteiger partial charge on any atom is -0.481 e. The molecule has 2 heterocycles. The van der Waals surface area contributed by atoms with Crippen molar-refractivity contribution in [3.05, 3.63) is 108 Å². The van der Waals surface area contributed by atoms with Gasteiger partial charge in [0.15, 0.2) is 5.76 Å². The smallest absolute Gasteiger partial charge is 0.314 e. The van der Waals surface area contributed by atoms with Crippen molar-refractivity contribution in [2.45, 2.75) is 31.7 Å². The van der Waals surface area contributed by atoms with Gasteiger partial charge in [0, 0.05) is 22.9 Å². The van der Waals surface area contributed by atoms with Gasteiger partial charge in [-0.2, -0.15) is 5.10 Å². The van der Waals surface area contributed by atoms with Crippen molar-refractivity contribution in [2.75, 3.05) is 0 Å². The molecule has 1 aliphatic rings. The fraction of sp³-hybridized carbons (Fsp3) is 0.167. The Bertz CT molecular complexity index is 1530. The molecule has 3 aromatic carbocycles. The minimum atomic E-state index is -0.732. The highest BCUT2D eigenvalue weighted by molar-refractivity contribution is 5.85. The highest BCUT2D eigenvalue weighted by Crippen LogP contribution is 2.48. The van der Waals surface area contributed by atoms with Crippen molar-refractivity contribution in [3.8, 4) is 33.6 Å². The molecule has 0 amide bonds. The van der Waals surface area contributed by atoms with Gasteiger partial charge >= 0.3 is 5.97 Å². The summed E-state index contributed by atoms with van der Waals surface area (Å²) in [7, 11) is 0. The summed E-state index contributed by atoms with van der Waals surface area (Å²) in [5.74, 6) is 0.00690. The summed E-state index contributed by atoms with van der Waals surface area (Å²) >= 11 is 0. The molecule has 0 saturated heterocycles. The summed E-state index contributed by atoms with van der Waals surface area (Å²) in [5, 5.41) is 18.3. The Balaban J connectivity index is 1.22. The van der Waals surface area contributed by atoms with Crippen molar-refractivity contribution in [2.24, 2.45) is 0 Å². The van der Waals surface area contributed by atoms with Crippen LogP contribution in [0.15, 0.2) is 95.8 Å². The number of nitrogens with zero attached hydrogens (tertiary/aromatic N) is 3. The number of aliphatic carboxylic acids is 1. The molecule has 1 N–H and O–H groups in total. The topological polar surface area (TPSA) is 81.1 Å². The SMILES string of the molecule is Cc1noc(-c2ccc(-c3ccc(C4(C(=O)O)CC4)cc3)cc2)c1Cn1cc(-c2ccccc2)cn1. The molecule has 36 heavy (non-hydrogen) atoms. The van der Waals surface area contributed by atoms with E-state index in [1.807, 2.05) is 78.6 Å². The number of carboxylic acids is 1. The number of hydrogen-bond acceptors (Lipinski definition) is 4. The molecule has 6 rings (SSSR count). The molecule has 1 aliphatic carbocycles. The van der Waals surface area contributed by atoms with Gasteiger partial charge in [0.1, 0.15) is 0 Å².